The molecule has 72 valence electrons. The summed E-state index contributed by atoms with van der Waals surface area (Å²) in [6, 6.07) is 2.75. The van der Waals surface area contributed by atoms with Crippen molar-refractivity contribution in [2.75, 3.05) is 0 Å². The minimum Gasteiger partial charge on any atom is -0.359 e. The van der Waals surface area contributed by atoms with E-state index < -0.39 is 5.91 Å². The Hall–Kier alpha value is -1.82. The zero-order valence-corrected chi connectivity index (χ0v) is 8.02. The molecule has 0 aliphatic rings. The highest BCUT2D eigenvalue weighted by Crippen LogP contribution is 2.14. The van der Waals surface area contributed by atoms with Crippen molar-refractivity contribution in [1.82, 2.24) is 0 Å². The van der Waals surface area contributed by atoms with Gasteiger partial charge in [0.1, 0.15) is 5.82 Å². The first-order valence-corrected chi connectivity index (χ1v) is 4.09. The molecule has 0 aliphatic heterocycles. The first-order chi connectivity index (χ1) is 6.50. The molecule has 1 rings (SSSR count). The number of nitrogens with two attached hydrogens (primary N) is 1. The molecular formula is C11H10FNO. The van der Waals surface area contributed by atoms with Crippen molar-refractivity contribution in [1.29, 1.82) is 0 Å². The Bertz CT molecular complexity index is 417. The molecule has 0 atom stereocenters. The van der Waals surface area contributed by atoms with Crippen LogP contribution in [0.3, 0.4) is 0 Å². The van der Waals surface area contributed by atoms with Gasteiger partial charge in [0, 0.05) is 5.56 Å². The fourth-order valence-corrected chi connectivity index (χ4v) is 1.23. The third-order valence-corrected chi connectivity index (χ3v) is 1.81. The highest BCUT2D eigenvalue weighted by atomic mass is 19.1. The van der Waals surface area contributed by atoms with Gasteiger partial charge in [-0.1, -0.05) is 5.92 Å². The molecule has 0 heterocycles. The number of carbonyl (C=O) groups excluding carboxylic acids is 1. The molecule has 2 N–H and O–H groups in total. The molecule has 0 unspecified atom stereocenters. The predicted molar refractivity (Wildman–Crippen MR) is 51.9 cm³/mol. The first kappa shape index (κ1) is 10.3. The van der Waals surface area contributed by atoms with Crippen molar-refractivity contribution in [3.63, 3.8) is 0 Å². The second kappa shape index (κ2) is 3.93. The number of amides is 1. The Morgan fingerprint density at radius 2 is 1.86 bits per heavy atom. The van der Waals surface area contributed by atoms with Gasteiger partial charge in [0.25, 0.3) is 5.91 Å². The van der Waals surface area contributed by atoms with Crippen molar-refractivity contribution >= 4 is 5.91 Å². The van der Waals surface area contributed by atoms with E-state index in [1.165, 1.54) is 12.1 Å². The van der Waals surface area contributed by atoms with E-state index in [0.717, 1.165) is 0 Å². The lowest BCUT2D eigenvalue weighted by molar-refractivity contribution is -0.112. The van der Waals surface area contributed by atoms with Crippen LogP contribution >= 0.6 is 0 Å². The van der Waals surface area contributed by atoms with Crippen LogP contribution in [0.4, 0.5) is 4.39 Å². The summed E-state index contributed by atoms with van der Waals surface area (Å²) in [6.45, 7) is 3.47. The smallest absolute Gasteiger partial charge is 0.293 e. The second-order valence-electron chi connectivity index (χ2n) is 3.03. The summed E-state index contributed by atoms with van der Waals surface area (Å²) in [5, 5.41) is 0. The van der Waals surface area contributed by atoms with E-state index in [1.807, 2.05) is 0 Å². The van der Waals surface area contributed by atoms with Crippen LogP contribution in [0.1, 0.15) is 16.7 Å². The Balaban J connectivity index is 3.24. The standard InChI is InChI=1S/C11H10FNO/c1-7-5-9(12)6-8(2)10(7)3-4-11(13)14/h5-6H,1-2H3,(H2,13,14). The van der Waals surface area contributed by atoms with Gasteiger partial charge in [-0.2, -0.15) is 0 Å². The van der Waals surface area contributed by atoms with Gasteiger partial charge in [-0.3, -0.25) is 4.79 Å². The number of rotatable bonds is 0. The van der Waals surface area contributed by atoms with Gasteiger partial charge in [-0.05, 0) is 43.0 Å². The highest BCUT2D eigenvalue weighted by molar-refractivity contribution is 5.92. The zero-order chi connectivity index (χ0) is 10.7. The summed E-state index contributed by atoms with van der Waals surface area (Å²) in [5.41, 5.74) is 6.95. The fraction of sp³-hybridized carbons (Fsp3) is 0.182. The molecule has 0 aliphatic carbocycles. The van der Waals surface area contributed by atoms with Crippen molar-refractivity contribution in [2.45, 2.75) is 13.8 Å². The lowest BCUT2D eigenvalue weighted by Gasteiger charge is -2.02. The number of hydrogen-bond acceptors (Lipinski definition) is 1. The topological polar surface area (TPSA) is 43.1 Å². The van der Waals surface area contributed by atoms with Gasteiger partial charge in [-0.25, -0.2) is 4.39 Å². The van der Waals surface area contributed by atoms with Crippen LogP contribution in [0.15, 0.2) is 12.1 Å². The summed E-state index contributed by atoms with van der Waals surface area (Å²) in [4.78, 5) is 10.4. The second-order valence-corrected chi connectivity index (χ2v) is 3.03. The number of benzene rings is 1. The van der Waals surface area contributed by atoms with Gasteiger partial charge in [0.05, 0.1) is 0 Å². The van der Waals surface area contributed by atoms with E-state index >= 15 is 0 Å². The molecule has 14 heavy (non-hydrogen) atoms. The van der Waals surface area contributed by atoms with Crippen molar-refractivity contribution in [2.24, 2.45) is 5.73 Å². The minimum absolute atomic E-state index is 0.301. The summed E-state index contributed by atoms with van der Waals surface area (Å²) in [7, 11) is 0. The number of carbonyl (C=O) groups is 1. The molecular weight excluding hydrogens is 181 g/mol. The highest BCUT2D eigenvalue weighted by Gasteiger charge is 2.02. The van der Waals surface area contributed by atoms with E-state index in [0.29, 0.717) is 16.7 Å². The van der Waals surface area contributed by atoms with Gasteiger partial charge >= 0.3 is 0 Å². The maximum atomic E-state index is 12.9. The Kier molecular flexibility index (Phi) is 2.88. The van der Waals surface area contributed by atoms with Gasteiger partial charge in [0.2, 0.25) is 0 Å². The van der Waals surface area contributed by atoms with Crippen LogP contribution in [0.5, 0.6) is 0 Å². The first-order valence-electron chi connectivity index (χ1n) is 4.09. The molecule has 0 spiro atoms. The average molecular weight is 191 g/mol. The van der Waals surface area contributed by atoms with Crippen LogP contribution < -0.4 is 5.73 Å². The molecule has 0 saturated heterocycles. The van der Waals surface area contributed by atoms with Gasteiger partial charge < -0.3 is 5.73 Å². The van der Waals surface area contributed by atoms with Crippen LogP contribution in [-0.4, -0.2) is 5.91 Å². The summed E-state index contributed by atoms with van der Waals surface area (Å²) in [5.74, 6) is 3.86. The Morgan fingerprint density at radius 3 is 2.29 bits per heavy atom. The molecule has 0 saturated carbocycles. The molecule has 3 heteroatoms. The molecule has 0 bridgehead atoms. The number of primary amides is 1. The van der Waals surface area contributed by atoms with Crippen LogP contribution in [-0.2, 0) is 4.79 Å². The number of hydrogen-bond donors (Lipinski definition) is 1. The zero-order valence-electron chi connectivity index (χ0n) is 8.02. The van der Waals surface area contributed by atoms with Gasteiger partial charge in [-0.15, -0.1) is 0 Å². The summed E-state index contributed by atoms with van der Waals surface area (Å²) in [6.07, 6.45) is 0. The van der Waals surface area contributed by atoms with E-state index in [9.17, 15) is 9.18 Å². The van der Waals surface area contributed by atoms with Crippen molar-refractivity contribution in [3.8, 4) is 11.8 Å². The quantitative estimate of drug-likeness (QED) is 0.617. The third kappa shape index (κ3) is 2.33. The fourth-order valence-electron chi connectivity index (χ4n) is 1.23. The molecule has 0 aromatic heterocycles. The monoisotopic (exact) mass is 191 g/mol. The summed E-state index contributed by atoms with van der Waals surface area (Å²) < 4.78 is 12.9. The molecule has 0 radical (unpaired) electrons. The van der Waals surface area contributed by atoms with E-state index in [-0.39, 0.29) is 5.82 Å². The largest absolute Gasteiger partial charge is 0.359 e. The van der Waals surface area contributed by atoms with Crippen LogP contribution in [0.2, 0.25) is 0 Å². The SMILES string of the molecule is Cc1cc(F)cc(C)c1C#CC(N)=O. The molecule has 1 aromatic carbocycles. The van der Waals surface area contributed by atoms with Gasteiger partial charge in [0.15, 0.2) is 0 Å². The molecule has 2 nitrogen and oxygen atoms in total. The third-order valence-electron chi connectivity index (χ3n) is 1.81. The predicted octanol–water partition coefficient (Wildman–Crippen LogP) is 1.28. The normalized spacial score (nSPS) is 9.07. The summed E-state index contributed by atoms with van der Waals surface area (Å²) >= 11 is 0. The maximum absolute atomic E-state index is 12.9. The Morgan fingerprint density at radius 1 is 1.36 bits per heavy atom. The van der Waals surface area contributed by atoms with E-state index in [2.05, 4.69) is 11.8 Å². The van der Waals surface area contributed by atoms with E-state index in [4.69, 9.17) is 5.73 Å². The minimum atomic E-state index is -0.687. The average Bonchev–Trinajstić information content (AvgIpc) is 2.01. The van der Waals surface area contributed by atoms with Crippen molar-refractivity contribution in [3.05, 3.63) is 34.6 Å². The van der Waals surface area contributed by atoms with Crippen molar-refractivity contribution < 1.29 is 9.18 Å². The van der Waals surface area contributed by atoms with Crippen LogP contribution in [0.25, 0.3) is 0 Å². The lowest BCUT2D eigenvalue weighted by atomic mass is 10.0. The molecule has 0 fully saturated rings. The number of aryl methyl sites for hydroxylation is 2. The van der Waals surface area contributed by atoms with Crippen LogP contribution in [0, 0.1) is 31.5 Å². The maximum Gasteiger partial charge on any atom is 0.293 e. The number of halogens is 1. The van der Waals surface area contributed by atoms with E-state index in [1.54, 1.807) is 13.8 Å². The molecule has 1 aromatic rings. The molecule has 1 amide bonds. The lowest BCUT2D eigenvalue weighted by Crippen LogP contribution is -2.06. The Labute approximate surface area is 81.9 Å².